The van der Waals surface area contributed by atoms with E-state index in [0.29, 0.717) is 37.8 Å². The highest BCUT2D eigenvalue weighted by Crippen LogP contribution is 2.26. The number of nitrogens with zero attached hydrogens (tertiary/aromatic N) is 5. The lowest BCUT2D eigenvalue weighted by molar-refractivity contribution is 0.243. The first-order valence-electron chi connectivity index (χ1n) is 8.18. The fraction of sp³-hybridized carbons (Fsp3) is 0.353. The molecule has 3 heterocycles. The van der Waals surface area contributed by atoms with Gasteiger partial charge in [0, 0.05) is 13.1 Å². The summed E-state index contributed by atoms with van der Waals surface area (Å²) in [6, 6.07) is 7.18. The van der Waals surface area contributed by atoms with E-state index in [1.807, 2.05) is 33.7 Å². The van der Waals surface area contributed by atoms with E-state index in [-0.39, 0.29) is 0 Å². The van der Waals surface area contributed by atoms with Crippen LogP contribution in [0.2, 0.25) is 0 Å². The number of alkyl halides is 1. The zero-order chi connectivity index (χ0) is 17.4. The van der Waals surface area contributed by atoms with Crippen LogP contribution in [0.4, 0.5) is 14.7 Å². The van der Waals surface area contributed by atoms with Crippen molar-refractivity contribution in [2.45, 2.75) is 25.2 Å². The molecule has 2 atom stereocenters. The third-order valence-electron chi connectivity index (χ3n) is 4.46. The molecule has 0 radical (unpaired) electrons. The van der Waals surface area contributed by atoms with Crippen molar-refractivity contribution in [2.24, 2.45) is 5.73 Å². The molecule has 0 spiro atoms. The van der Waals surface area contributed by atoms with Gasteiger partial charge in [-0.1, -0.05) is 12.1 Å². The Kier molecular flexibility index (Phi) is 4.04. The number of piperidine rings is 1. The van der Waals surface area contributed by atoms with Crippen molar-refractivity contribution in [3.05, 3.63) is 48.3 Å². The van der Waals surface area contributed by atoms with Crippen molar-refractivity contribution in [2.75, 3.05) is 18.0 Å². The minimum absolute atomic E-state index is 0.348. The Morgan fingerprint density at radius 2 is 1.96 bits per heavy atom. The van der Waals surface area contributed by atoms with Gasteiger partial charge in [0.15, 0.2) is 5.82 Å². The van der Waals surface area contributed by atoms with E-state index in [2.05, 4.69) is 9.97 Å². The monoisotopic (exact) mass is 344 g/mol. The average molecular weight is 344 g/mol. The molecular weight excluding hydrogens is 326 g/mol. The highest BCUT2D eigenvalue weighted by atomic mass is 19.1. The van der Waals surface area contributed by atoms with Crippen molar-refractivity contribution in [3.8, 4) is 0 Å². The lowest BCUT2D eigenvalue weighted by Gasteiger charge is -2.34. The molecule has 2 N–H and O–H groups in total. The molecule has 0 amide bonds. The minimum Gasteiger partial charge on any atom is -0.340 e. The van der Waals surface area contributed by atoms with Crippen LogP contribution >= 0.6 is 0 Å². The molecule has 130 valence electrons. The molecule has 4 rings (SSSR count). The van der Waals surface area contributed by atoms with Crippen molar-refractivity contribution < 1.29 is 8.78 Å². The van der Waals surface area contributed by atoms with Crippen LogP contribution in [-0.4, -0.2) is 44.8 Å². The summed E-state index contributed by atoms with van der Waals surface area (Å²) in [6.45, 7) is 1.29. The van der Waals surface area contributed by atoms with Gasteiger partial charge in [-0.15, -0.1) is 0 Å². The molecule has 1 aromatic carbocycles. The predicted octanol–water partition coefficient (Wildman–Crippen LogP) is 1.89. The SMILES string of the molecule is NC1CN(c2nc3ccccc3n2Cc2ncc(F)cn2)CCC1F. The van der Waals surface area contributed by atoms with E-state index >= 15 is 0 Å². The molecule has 0 saturated carbocycles. The maximum atomic E-state index is 13.7. The molecule has 1 fully saturated rings. The number of hydrogen-bond acceptors (Lipinski definition) is 5. The van der Waals surface area contributed by atoms with Crippen molar-refractivity contribution in [1.29, 1.82) is 0 Å². The standard InChI is InChI=1S/C17H18F2N6/c18-11-7-21-16(22-8-11)10-25-15-4-2-1-3-14(15)23-17(25)24-6-5-12(19)13(20)9-24/h1-4,7-8,12-13H,5-6,9-10,20H2. The maximum absolute atomic E-state index is 13.7. The van der Waals surface area contributed by atoms with Gasteiger partial charge in [-0.2, -0.15) is 0 Å². The second-order valence-electron chi connectivity index (χ2n) is 6.22. The van der Waals surface area contributed by atoms with Gasteiger partial charge in [0.25, 0.3) is 0 Å². The summed E-state index contributed by atoms with van der Waals surface area (Å²) in [6.07, 6.45) is 1.67. The Bertz CT molecular complexity index is 878. The molecule has 3 aromatic rings. The van der Waals surface area contributed by atoms with Crippen molar-refractivity contribution in [3.63, 3.8) is 0 Å². The molecular formula is C17H18F2N6. The van der Waals surface area contributed by atoms with Crippen molar-refractivity contribution in [1.82, 2.24) is 19.5 Å². The van der Waals surface area contributed by atoms with Crippen LogP contribution in [0.15, 0.2) is 36.7 Å². The number of para-hydroxylation sites is 2. The summed E-state index contributed by atoms with van der Waals surface area (Å²) in [7, 11) is 0. The number of nitrogens with two attached hydrogens (primary N) is 1. The zero-order valence-electron chi connectivity index (χ0n) is 13.5. The third-order valence-corrected chi connectivity index (χ3v) is 4.46. The van der Waals surface area contributed by atoms with Crippen molar-refractivity contribution >= 4 is 17.0 Å². The zero-order valence-corrected chi connectivity index (χ0v) is 13.5. The average Bonchev–Trinajstić information content (AvgIpc) is 2.98. The van der Waals surface area contributed by atoms with Crippen LogP contribution in [0.1, 0.15) is 12.2 Å². The number of aromatic nitrogens is 4. The van der Waals surface area contributed by atoms with E-state index in [0.717, 1.165) is 23.4 Å². The number of benzene rings is 1. The molecule has 2 aromatic heterocycles. The number of imidazole rings is 1. The van der Waals surface area contributed by atoms with Crippen LogP contribution < -0.4 is 10.6 Å². The fourth-order valence-electron chi connectivity index (χ4n) is 3.16. The largest absolute Gasteiger partial charge is 0.340 e. The van der Waals surface area contributed by atoms with Crippen LogP contribution in [0.5, 0.6) is 0 Å². The maximum Gasteiger partial charge on any atom is 0.207 e. The van der Waals surface area contributed by atoms with Gasteiger partial charge >= 0.3 is 0 Å². The predicted molar refractivity (Wildman–Crippen MR) is 90.5 cm³/mol. The summed E-state index contributed by atoms with van der Waals surface area (Å²) < 4.78 is 28.8. The first-order chi connectivity index (χ1) is 12.1. The highest BCUT2D eigenvalue weighted by Gasteiger charge is 2.29. The first-order valence-corrected chi connectivity index (χ1v) is 8.18. The molecule has 25 heavy (non-hydrogen) atoms. The summed E-state index contributed by atoms with van der Waals surface area (Å²) in [5, 5.41) is 0. The Morgan fingerprint density at radius 3 is 2.72 bits per heavy atom. The Labute approximate surface area is 143 Å². The molecule has 2 unspecified atom stereocenters. The summed E-state index contributed by atoms with van der Waals surface area (Å²) in [4.78, 5) is 14.8. The molecule has 0 bridgehead atoms. The molecule has 0 aliphatic carbocycles. The minimum atomic E-state index is -0.991. The number of rotatable bonds is 3. The van der Waals surface area contributed by atoms with E-state index < -0.39 is 18.0 Å². The number of fused-ring (bicyclic) bond motifs is 1. The van der Waals surface area contributed by atoms with E-state index in [1.165, 1.54) is 0 Å². The summed E-state index contributed by atoms with van der Waals surface area (Å²) >= 11 is 0. The lowest BCUT2D eigenvalue weighted by Crippen LogP contribution is -2.50. The van der Waals surface area contributed by atoms with Crippen LogP contribution in [0, 0.1) is 5.82 Å². The van der Waals surface area contributed by atoms with Gasteiger partial charge in [-0.05, 0) is 18.6 Å². The first kappa shape index (κ1) is 15.9. The van der Waals surface area contributed by atoms with Crippen LogP contribution in [0.3, 0.4) is 0 Å². The quantitative estimate of drug-likeness (QED) is 0.785. The van der Waals surface area contributed by atoms with Gasteiger partial charge < -0.3 is 15.2 Å². The number of halogens is 2. The normalized spacial score (nSPS) is 21.0. The fourth-order valence-corrected chi connectivity index (χ4v) is 3.16. The second kappa shape index (κ2) is 6.36. The van der Waals surface area contributed by atoms with E-state index in [1.54, 1.807) is 0 Å². The van der Waals surface area contributed by atoms with Crippen LogP contribution in [0.25, 0.3) is 11.0 Å². The third kappa shape index (κ3) is 3.05. The molecule has 8 heteroatoms. The van der Waals surface area contributed by atoms with Gasteiger partial charge in [0.05, 0.1) is 36.0 Å². The van der Waals surface area contributed by atoms with Gasteiger partial charge in [-0.3, -0.25) is 0 Å². The smallest absolute Gasteiger partial charge is 0.207 e. The van der Waals surface area contributed by atoms with E-state index in [4.69, 9.17) is 10.7 Å². The molecule has 1 aliphatic heterocycles. The number of hydrogen-bond donors (Lipinski definition) is 1. The summed E-state index contributed by atoms with van der Waals surface area (Å²) in [5.74, 6) is 0.711. The Morgan fingerprint density at radius 1 is 1.20 bits per heavy atom. The lowest BCUT2D eigenvalue weighted by atomic mass is 10.1. The van der Waals surface area contributed by atoms with Gasteiger partial charge in [-0.25, -0.2) is 23.7 Å². The molecule has 1 saturated heterocycles. The van der Waals surface area contributed by atoms with Crippen LogP contribution in [-0.2, 0) is 6.54 Å². The Balaban J connectivity index is 1.74. The topological polar surface area (TPSA) is 72.9 Å². The highest BCUT2D eigenvalue weighted by molar-refractivity contribution is 5.79. The van der Waals surface area contributed by atoms with E-state index in [9.17, 15) is 8.78 Å². The molecule has 1 aliphatic rings. The Hall–Kier alpha value is -2.61. The van der Waals surface area contributed by atoms with Gasteiger partial charge in [0.1, 0.15) is 12.0 Å². The number of anilines is 1. The molecule has 6 nitrogen and oxygen atoms in total. The second-order valence-corrected chi connectivity index (χ2v) is 6.22. The van der Waals surface area contributed by atoms with Gasteiger partial charge in [0.2, 0.25) is 5.95 Å². The summed E-state index contributed by atoms with van der Waals surface area (Å²) in [5.41, 5.74) is 7.65.